The minimum absolute atomic E-state index is 0.104. The summed E-state index contributed by atoms with van der Waals surface area (Å²) < 4.78 is 10.3. The monoisotopic (exact) mass is 398 g/mol. The molecule has 3 N–H and O–H groups in total. The van der Waals surface area contributed by atoms with Crippen LogP contribution in [0.1, 0.15) is 72.6 Å². The molecule has 6 nitrogen and oxygen atoms in total. The first-order valence-corrected chi connectivity index (χ1v) is 10.5. The molecule has 0 saturated heterocycles. The van der Waals surface area contributed by atoms with Crippen LogP contribution in [-0.2, 0) is 14.3 Å². The summed E-state index contributed by atoms with van der Waals surface area (Å²) >= 11 is 0. The maximum atomic E-state index is 11.4. The van der Waals surface area contributed by atoms with Gasteiger partial charge in [-0.1, -0.05) is 58.1 Å². The van der Waals surface area contributed by atoms with Crippen molar-refractivity contribution in [2.24, 2.45) is 11.8 Å². The van der Waals surface area contributed by atoms with E-state index >= 15 is 0 Å². The van der Waals surface area contributed by atoms with Gasteiger partial charge in [-0.2, -0.15) is 0 Å². The van der Waals surface area contributed by atoms with E-state index in [-0.39, 0.29) is 12.4 Å². The standard InChI is InChI=1S/C22H38O6/c1-15(2)8-5-9-16(3)10-6-11-17(4)12-7-13-27-21-19(25)22(26)28-20(21)18(24)14-23/h12,15-16,18,20,23-25H,5-11,13-14H2,1-4H3/t16?,18-,20+/m0/s1. The molecule has 0 aliphatic carbocycles. The molecule has 0 aromatic carbocycles. The summed E-state index contributed by atoms with van der Waals surface area (Å²) in [4.78, 5) is 11.4. The van der Waals surface area contributed by atoms with Gasteiger partial charge in [0.05, 0.1) is 13.2 Å². The number of ether oxygens (including phenoxy) is 2. The van der Waals surface area contributed by atoms with Crippen LogP contribution in [0.2, 0.25) is 0 Å². The molecule has 0 radical (unpaired) electrons. The highest BCUT2D eigenvalue weighted by Gasteiger charge is 2.40. The normalized spacial score (nSPS) is 19.9. The van der Waals surface area contributed by atoms with Gasteiger partial charge in [0.2, 0.25) is 5.76 Å². The lowest BCUT2D eigenvalue weighted by Gasteiger charge is -2.18. The lowest BCUT2D eigenvalue weighted by molar-refractivity contribution is -0.148. The summed E-state index contributed by atoms with van der Waals surface area (Å²) in [6.07, 6.45) is 7.63. The Bertz CT molecular complexity index is 537. The molecular weight excluding hydrogens is 360 g/mol. The second-order valence-corrected chi connectivity index (χ2v) is 8.30. The zero-order valence-corrected chi connectivity index (χ0v) is 17.8. The first kappa shape index (κ1) is 24.5. The van der Waals surface area contributed by atoms with E-state index in [1.807, 2.05) is 0 Å². The maximum Gasteiger partial charge on any atom is 0.378 e. The van der Waals surface area contributed by atoms with E-state index in [2.05, 4.69) is 33.8 Å². The van der Waals surface area contributed by atoms with Crippen LogP contribution in [0.25, 0.3) is 0 Å². The third kappa shape index (κ3) is 8.65. The molecule has 1 aliphatic heterocycles. The summed E-state index contributed by atoms with van der Waals surface area (Å²) in [5.74, 6) is -0.132. The second kappa shape index (κ2) is 12.8. The van der Waals surface area contributed by atoms with Gasteiger partial charge in [-0.25, -0.2) is 4.79 Å². The number of cyclic esters (lactones) is 1. The highest BCUT2D eigenvalue weighted by Crippen LogP contribution is 2.25. The molecule has 162 valence electrons. The number of carbonyl (C=O) groups is 1. The fourth-order valence-corrected chi connectivity index (χ4v) is 3.28. The lowest BCUT2D eigenvalue weighted by atomic mass is 9.94. The summed E-state index contributed by atoms with van der Waals surface area (Å²) in [6.45, 7) is 8.64. The Balaban J connectivity index is 2.28. The van der Waals surface area contributed by atoms with Crippen LogP contribution >= 0.6 is 0 Å². The predicted molar refractivity (Wildman–Crippen MR) is 109 cm³/mol. The van der Waals surface area contributed by atoms with E-state index < -0.39 is 30.5 Å². The van der Waals surface area contributed by atoms with E-state index in [0.29, 0.717) is 6.42 Å². The number of hydrogen-bond donors (Lipinski definition) is 3. The number of aliphatic hydroxyl groups excluding tert-OH is 3. The predicted octanol–water partition coefficient (Wildman–Crippen LogP) is 4.02. The summed E-state index contributed by atoms with van der Waals surface area (Å²) in [6, 6.07) is 0. The molecule has 0 amide bonds. The number of esters is 1. The van der Waals surface area contributed by atoms with Gasteiger partial charge in [-0.05, 0) is 38.0 Å². The van der Waals surface area contributed by atoms with E-state index in [9.17, 15) is 15.0 Å². The van der Waals surface area contributed by atoms with Crippen molar-refractivity contribution in [2.75, 3.05) is 13.2 Å². The topological polar surface area (TPSA) is 96.2 Å². The maximum absolute atomic E-state index is 11.4. The molecule has 1 aliphatic rings. The minimum atomic E-state index is -1.32. The van der Waals surface area contributed by atoms with Crippen LogP contribution < -0.4 is 0 Å². The summed E-state index contributed by atoms with van der Waals surface area (Å²) in [5, 5.41) is 28.4. The number of carbonyl (C=O) groups excluding carboxylic acids is 1. The third-order valence-corrected chi connectivity index (χ3v) is 5.07. The Morgan fingerprint density at radius 3 is 2.54 bits per heavy atom. The molecule has 0 bridgehead atoms. The minimum Gasteiger partial charge on any atom is -0.499 e. The summed E-state index contributed by atoms with van der Waals surface area (Å²) in [5.41, 5.74) is 1.29. The second-order valence-electron chi connectivity index (χ2n) is 8.30. The van der Waals surface area contributed by atoms with Crippen molar-refractivity contribution in [3.8, 4) is 0 Å². The third-order valence-electron chi connectivity index (χ3n) is 5.07. The van der Waals surface area contributed by atoms with Crippen LogP contribution in [0.15, 0.2) is 23.2 Å². The fourth-order valence-electron chi connectivity index (χ4n) is 3.28. The van der Waals surface area contributed by atoms with Gasteiger partial charge in [-0.3, -0.25) is 0 Å². The highest BCUT2D eigenvalue weighted by molar-refractivity contribution is 5.89. The molecule has 1 heterocycles. The fraction of sp³-hybridized carbons (Fsp3) is 0.773. The smallest absolute Gasteiger partial charge is 0.378 e. The lowest BCUT2D eigenvalue weighted by Crippen LogP contribution is -2.32. The zero-order chi connectivity index (χ0) is 21.1. The Kier molecular flexibility index (Phi) is 11.2. The molecule has 1 rings (SSSR count). The number of allylic oxidation sites excluding steroid dienone is 1. The number of aliphatic hydroxyl groups is 3. The van der Waals surface area contributed by atoms with Gasteiger partial charge in [-0.15, -0.1) is 0 Å². The first-order valence-electron chi connectivity index (χ1n) is 10.5. The average Bonchev–Trinajstić information content (AvgIpc) is 2.92. The van der Waals surface area contributed by atoms with Crippen molar-refractivity contribution in [1.82, 2.24) is 0 Å². The van der Waals surface area contributed by atoms with Crippen LogP contribution in [0, 0.1) is 11.8 Å². The van der Waals surface area contributed by atoms with Crippen molar-refractivity contribution in [3.05, 3.63) is 23.2 Å². The molecular formula is C22H38O6. The highest BCUT2D eigenvalue weighted by atomic mass is 16.6. The molecule has 0 saturated carbocycles. The van der Waals surface area contributed by atoms with Gasteiger partial charge in [0.25, 0.3) is 0 Å². The molecule has 0 fully saturated rings. The molecule has 28 heavy (non-hydrogen) atoms. The number of hydrogen-bond acceptors (Lipinski definition) is 6. The van der Waals surface area contributed by atoms with Gasteiger partial charge in [0.15, 0.2) is 11.9 Å². The first-order chi connectivity index (χ1) is 13.3. The molecule has 0 spiro atoms. The Labute approximate surface area is 169 Å². The Hall–Kier alpha value is -1.53. The molecule has 1 unspecified atom stereocenters. The Morgan fingerprint density at radius 1 is 1.21 bits per heavy atom. The molecule has 3 atom stereocenters. The zero-order valence-electron chi connectivity index (χ0n) is 17.8. The van der Waals surface area contributed by atoms with Gasteiger partial charge >= 0.3 is 5.97 Å². The largest absolute Gasteiger partial charge is 0.499 e. The SMILES string of the molecule is CC(=CCCOC1=C(O)C(=O)O[C@@H]1[C@@H](O)CO)CCCC(C)CCCC(C)C. The van der Waals surface area contributed by atoms with Gasteiger partial charge < -0.3 is 24.8 Å². The van der Waals surface area contributed by atoms with E-state index in [4.69, 9.17) is 14.6 Å². The van der Waals surface area contributed by atoms with Crippen molar-refractivity contribution in [2.45, 2.75) is 84.8 Å². The van der Waals surface area contributed by atoms with Crippen LogP contribution in [-0.4, -0.2) is 46.7 Å². The van der Waals surface area contributed by atoms with Crippen molar-refractivity contribution < 1.29 is 29.6 Å². The van der Waals surface area contributed by atoms with E-state index in [1.54, 1.807) is 0 Å². The average molecular weight is 399 g/mol. The molecule has 0 aromatic heterocycles. The van der Waals surface area contributed by atoms with Crippen LogP contribution in [0.4, 0.5) is 0 Å². The van der Waals surface area contributed by atoms with Crippen molar-refractivity contribution in [1.29, 1.82) is 0 Å². The molecule has 6 heteroatoms. The van der Waals surface area contributed by atoms with Crippen LogP contribution in [0.3, 0.4) is 0 Å². The van der Waals surface area contributed by atoms with E-state index in [0.717, 1.165) is 18.3 Å². The van der Waals surface area contributed by atoms with E-state index in [1.165, 1.54) is 37.7 Å². The van der Waals surface area contributed by atoms with Gasteiger partial charge in [0, 0.05) is 0 Å². The molecule has 0 aromatic rings. The van der Waals surface area contributed by atoms with Crippen molar-refractivity contribution >= 4 is 5.97 Å². The van der Waals surface area contributed by atoms with Crippen LogP contribution in [0.5, 0.6) is 0 Å². The quantitative estimate of drug-likeness (QED) is 0.232. The van der Waals surface area contributed by atoms with Gasteiger partial charge in [0.1, 0.15) is 6.10 Å². The van der Waals surface area contributed by atoms with Crippen molar-refractivity contribution in [3.63, 3.8) is 0 Å². The number of rotatable bonds is 14. The Morgan fingerprint density at radius 2 is 1.89 bits per heavy atom. The summed E-state index contributed by atoms with van der Waals surface area (Å²) in [7, 11) is 0.